The summed E-state index contributed by atoms with van der Waals surface area (Å²) < 4.78 is 15.8. The van der Waals surface area contributed by atoms with Crippen LogP contribution in [0.3, 0.4) is 0 Å². The van der Waals surface area contributed by atoms with Crippen LogP contribution in [0.4, 0.5) is 0 Å². The highest BCUT2D eigenvalue weighted by atomic mass is 16.5. The Morgan fingerprint density at radius 2 is 1.60 bits per heavy atom. The first-order valence-corrected chi connectivity index (χ1v) is 7.69. The molecule has 0 saturated heterocycles. The quantitative estimate of drug-likeness (QED) is 0.449. The van der Waals surface area contributed by atoms with Gasteiger partial charge in [-0.2, -0.15) is 0 Å². The summed E-state index contributed by atoms with van der Waals surface area (Å²) in [4.78, 5) is 0. The maximum absolute atomic E-state index is 9.36. The molecule has 0 heterocycles. The molecule has 0 aliphatic heterocycles. The Labute approximate surface area is 124 Å². The Bertz CT molecular complexity index is 204. The Balaban J connectivity index is 3.27. The zero-order valence-electron chi connectivity index (χ0n) is 13.5. The van der Waals surface area contributed by atoms with Crippen molar-refractivity contribution in [2.75, 3.05) is 53.3 Å². The zero-order valence-corrected chi connectivity index (χ0v) is 13.5. The summed E-state index contributed by atoms with van der Waals surface area (Å²) in [5.74, 6) is 0. The van der Waals surface area contributed by atoms with Gasteiger partial charge in [0.2, 0.25) is 0 Å². The molecule has 0 bridgehead atoms. The number of likely N-dealkylation sites (N-methyl/N-ethyl adjacent to an activating group) is 1. The highest BCUT2D eigenvalue weighted by Crippen LogP contribution is 2.12. The molecule has 0 aromatic heterocycles. The van der Waals surface area contributed by atoms with Crippen molar-refractivity contribution in [3.05, 3.63) is 0 Å². The summed E-state index contributed by atoms with van der Waals surface area (Å²) in [5, 5.41) is 12.7. The summed E-state index contributed by atoms with van der Waals surface area (Å²) >= 11 is 0. The minimum Gasteiger partial charge on any atom is -0.394 e. The number of aliphatic hydroxyl groups is 1. The largest absolute Gasteiger partial charge is 0.394 e. The summed E-state index contributed by atoms with van der Waals surface area (Å²) in [6.45, 7) is 8.72. The number of hydrogen-bond acceptors (Lipinski definition) is 5. The van der Waals surface area contributed by atoms with E-state index in [0.29, 0.717) is 13.2 Å². The monoisotopic (exact) mass is 291 g/mol. The van der Waals surface area contributed by atoms with Gasteiger partial charge in [-0.05, 0) is 39.2 Å². The number of aliphatic hydroxyl groups excluding tert-OH is 1. The van der Waals surface area contributed by atoms with Gasteiger partial charge in [0.25, 0.3) is 0 Å². The fraction of sp³-hybridized carbons (Fsp3) is 1.00. The van der Waals surface area contributed by atoms with Crippen molar-refractivity contribution in [1.82, 2.24) is 5.32 Å². The van der Waals surface area contributed by atoms with Crippen LogP contribution in [-0.2, 0) is 14.2 Å². The van der Waals surface area contributed by atoms with Crippen LogP contribution < -0.4 is 5.32 Å². The van der Waals surface area contributed by atoms with Crippen LogP contribution in [0.25, 0.3) is 0 Å². The average molecular weight is 291 g/mol. The van der Waals surface area contributed by atoms with Gasteiger partial charge in [-0.3, -0.25) is 0 Å². The highest BCUT2D eigenvalue weighted by Gasteiger charge is 2.20. The molecule has 0 fully saturated rings. The van der Waals surface area contributed by atoms with Crippen LogP contribution in [0.2, 0.25) is 0 Å². The second-order valence-corrected chi connectivity index (χ2v) is 5.28. The van der Waals surface area contributed by atoms with E-state index in [-0.39, 0.29) is 12.1 Å². The van der Waals surface area contributed by atoms with E-state index < -0.39 is 0 Å². The fourth-order valence-corrected chi connectivity index (χ4v) is 2.00. The molecule has 0 radical (unpaired) electrons. The molecule has 0 spiro atoms. The molecule has 1 atom stereocenters. The van der Waals surface area contributed by atoms with Gasteiger partial charge in [0.15, 0.2) is 0 Å². The van der Waals surface area contributed by atoms with Gasteiger partial charge in [-0.15, -0.1) is 0 Å². The third-order valence-electron chi connectivity index (χ3n) is 3.23. The number of hydrogen-bond donors (Lipinski definition) is 2. The van der Waals surface area contributed by atoms with Gasteiger partial charge in [-0.1, -0.05) is 6.92 Å². The van der Waals surface area contributed by atoms with Crippen molar-refractivity contribution in [3.8, 4) is 0 Å². The summed E-state index contributed by atoms with van der Waals surface area (Å²) in [6, 6.07) is 0. The van der Waals surface area contributed by atoms with E-state index in [2.05, 4.69) is 19.2 Å². The molecule has 5 nitrogen and oxygen atoms in total. The van der Waals surface area contributed by atoms with Gasteiger partial charge < -0.3 is 24.6 Å². The zero-order chi connectivity index (χ0) is 15.1. The molecule has 122 valence electrons. The van der Waals surface area contributed by atoms with Crippen LogP contribution in [0.15, 0.2) is 0 Å². The lowest BCUT2D eigenvalue weighted by atomic mass is 9.96. The topological polar surface area (TPSA) is 60.0 Å². The average Bonchev–Trinajstić information content (AvgIpc) is 2.45. The maximum atomic E-state index is 9.36. The number of ether oxygens (including phenoxy) is 3. The summed E-state index contributed by atoms with van der Waals surface area (Å²) in [6.07, 6.45) is 3.97. The highest BCUT2D eigenvalue weighted by molar-refractivity contribution is 4.81. The van der Waals surface area contributed by atoms with E-state index in [4.69, 9.17) is 14.2 Å². The predicted molar refractivity (Wildman–Crippen MR) is 81.1 cm³/mol. The lowest BCUT2D eigenvalue weighted by Gasteiger charge is -2.28. The fourth-order valence-electron chi connectivity index (χ4n) is 2.00. The first-order chi connectivity index (χ1) is 9.68. The Morgan fingerprint density at radius 3 is 2.15 bits per heavy atom. The lowest BCUT2D eigenvalue weighted by Crippen LogP contribution is -2.45. The maximum Gasteiger partial charge on any atom is 0.0700 e. The van der Waals surface area contributed by atoms with Crippen LogP contribution in [0, 0.1) is 0 Å². The van der Waals surface area contributed by atoms with Crippen molar-refractivity contribution in [2.24, 2.45) is 0 Å². The molecule has 0 rings (SSSR count). The van der Waals surface area contributed by atoms with E-state index in [1.807, 2.05) is 0 Å². The standard InChI is InChI=1S/C15H33NO4/c1-4-16-15(2,14-17)8-5-6-10-19-12-13-20-11-7-9-18-3/h16-17H,4-14H2,1-3H3. The van der Waals surface area contributed by atoms with E-state index in [9.17, 15) is 5.11 Å². The summed E-state index contributed by atoms with van der Waals surface area (Å²) in [7, 11) is 1.70. The molecule has 0 aromatic rings. The Morgan fingerprint density at radius 1 is 0.950 bits per heavy atom. The Hall–Kier alpha value is -0.200. The van der Waals surface area contributed by atoms with Gasteiger partial charge in [0.05, 0.1) is 19.8 Å². The first-order valence-electron chi connectivity index (χ1n) is 7.69. The second-order valence-electron chi connectivity index (χ2n) is 5.28. The number of methoxy groups -OCH3 is 1. The van der Waals surface area contributed by atoms with Crippen LogP contribution >= 0.6 is 0 Å². The van der Waals surface area contributed by atoms with E-state index in [1.54, 1.807) is 7.11 Å². The molecule has 0 saturated carbocycles. The van der Waals surface area contributed by atoms with Crippen molar-refractivity contribution in [1.29, 1.82) is 0 Å². The molecule has 5 heteroatoms. The van der Waals surface area contributed by atoms with Gasteiger partial charge in [0, 0.05) is 32.5 Å². The smallest absolute Gasteiger partial charge is 0.0700 e. The van der Waals surface area contributed by atoms with Gasteiger partial charge >= 0.3 is 0 Å². The molecule has 0 aliphatic carbocycles. The van der Waals surface area contributed by atoms with Gasteiger partial charge in [-0.25, -0.2) is 0 Å². The molecule has 0 aromatic carbocycles. The Kier molecular flexibility index (Phi) is 13.6. The molecule has 20 heavy (non-hydrogen) atoms. The SMILES string of the molecule is CCNC(C)(CO)CCCCOCCOCCCOC. The van der Waals surface area contributed by atoms with E-state index in [1.165, 1.54) is 0 Å². The van der Waals surface area contributed by atoms with Crippen LogP contribution in [-0.4, -0.2) is 63.9 Å². The third-order valence-corrected chi connectivity index (χ3v) is 3.23. The predicted octanol–water partition coefficient (Wildman–Crippen LogP) is 1.59. The number of nitrogens with one attached hydrogen (secondary N) is 1. The van der Waals surface area contributed by atoms with Crippen molar-refractivity contribution >= 4 is 0 Å². The van der Waals surface area contributed by atoms with Crippen molar-refractivity contribution < 1.29 is 19.3 Å². The molecule has 0 aliphatic rings. The minimum absolute atomic E-state index is 0.154. The second kappa shape index (κ2) is 13.8. The molecule has 0 amide bonds. The normalized spacial score (nSPS) is 14.4. The number of unbranched alkanes of at least 4 members (excludes halogenated alkanes) is 1. The van der Waals surface area contributed by atoms with Crippen molar-refractivity contribution in [2.45, 2.75) is 45.1 Å². The first kappa shape index (κ1) is 19.8. The summed E-state index contributed by atoms with van der Waals surface area (Å²) in [5.41, 5.74) is -0.154. The van der Waals surface area contributed by atoms with Gasteiger partial charge in [0.1, 0.15) is 0 Å². The molecule has 1 unspecified atom stereocenters. The van der Waals surface area contributed by atoms with Crippen molar-refractivity contribution in [3.63, 3.8) is 0 Å². The lowest BCUT2D eigenvalue weighted by molar-refractivity contribution is 0.0379. The molecule has 2 N–H and O–H groups in total. The van der Waals surface area contributed by atoms with Crippen LogP contribution in [0.5, 0.6) is 0 Å². The molecular formula is C15H33NO4. The van der Waals surface area contributed by atoms with Crippen LogP contribution in [0.1, 0.15) is 39.5 Å². The minimum atomic E-state index is -0.154. The third kappa shape index (κ3) is 11.6. The van der Waals surface area contributed by atoms with E-state index >= 15 is 0 Å². The van der Waals surface area contributed by atoms with E-state index in [0.717, 1.165) is 52.0 Å². The molecular weight excluding hydrogens is 258 g/mol. The number of rotatable bonds is 15.